The van der Waals surface area contributed by atoms with Crippen molar-refractivity contribution < 1.29 is 23.1 Å². The number of hydrogen-bond donors (Lipinski definition) is 2. The topological polar surface area (TPSA) is 74.6 Å². The van der Waals surface area contributed by atoms with Crippen LogP contribution in [0.5, 0.6) is 0 Å². The van der Waals surface area contributed by atoms with Crippen molar-refractivity contribution in [1.82, 2.24) is 14.8 Å². The fourth-order valence-corrected chi connectivity index (χ4v) is 5.20. The van der Waals surface area contributed by atoms with Gasteiger partial charge in [-0.2, -0.15) is 13.2 Å². The molecule has 4 rings (SSSR count). The van der Waals surface area contributed by atoms with Crippen LogP contribution in [0, 0.1) is 11.8 Å². The molecule has 172 valence electrons. The summed E-state index contributed by atoms with van der Waals surface area (Å²) in [4.78, 5) is 27.2. The smallest absolute Gasteiger partial charge is 0.390 e. The highest BCUT2D eigenvalue weighted by atomic mass is 19.4. The third kappa shape index (κ3) is 4.19. The number of carbonyl (C=O) groups excluding carboxylic acids is 1. The first-order valence-electron chi connectivity index (χ1n) is 10.7. The second-order valence-corrected chi connectivity index (χ2v) is 8.54. The molecule has 2 aliphatic heterocycles. The molecular weight excluding hydrogens is 423 g/mol. The average molecular weight is 449 g/mol. The summed E-state index contributed by atoms with van der Waals surface area (Å²) in [7, 11) is 0. The fraction of sp³-hybridized carbons (Fsp3) is 0.478. The van der Waals surface area contributed by atoms with Crippen LogP contribution < -0.4 is 10.9 Å². The molecule has 32 heavy (non-hydrogen) atoms. The Kier molecular flexibility index (Phi) is 6.13. The molecule has 1 fully saturated rings. The number of benzene rings is 1. The fourth-order valence-electron chi connectivity index (χ4n) is 5.20. The van der Waals surface area contributed by atoms with E-state index in [1.54, 1.807) is 16.7 Å². The highest BCUT2D eigenvalue weighted by molar-refractivity contribution is 5.83. The highest BCUT2D eigenvalue weighted by Crippen LogP contribution is 2.49. The van der Waals surface area contributed by atoms with E-state index in [1.807, 2.05) is 37.3 Å². The molecule has 1 amide bonds. The van der Waals surface area contributed by atoms with Crippen molar-refractivity contribution in [3.63, 3.8) is 0 Å². The van der Waals surface area contributed by atoms with Crippen LogP contribution in [-0.4, -0.2) is 45.9 Å². The van der Waals surface area contributed by atoms with Gasteiger partial charge in [0.05, 0.1) is 24.5 Å². The molecule has 0 radical (unpaired) electrons. The lowest BCUT2D eigenvalue weighted by Crippen LogP contribution is -2.49. The van der Waals surface area contributed by atoms with Gasteiger partial charge in [0.25, 0.3) is 5.56 Å². The molecule has 1 aromatic heterocycles. The van der Waals surface area contributed by atoms with Crippen LogP contribution >= 0.6 is 0 Å². The Balaban J connectivity index is 1.66. The van der Waals surface area contributed by atoms with Crippen molar-refractivity contribution in [2.75, 3.05) is 13.2 Å². The number of pyridine rings is 1. The van der Waals surface area contributed by atoms with E-state index in [0.29, 0.717) is 5.69 Å². The summed E-state index contributed by atoms with van der Waals surface area (Å²) in [6.07, 6.45) is -5.47. The van der Waals surface area contributed by atoms with E-state index in [-0.39, 0.29) is 37.2 Å². The number of amides is 1. The molecule has 0 bridgehead atoms. The number of aromatic nitrogens is 1. The molecule has 2 aliphatic rings. The van der Waals surface area contributed by atoms with Crippen molar-refractivity contribution >= 4 is 5.91 Å². The third-order valence-electron chi connectivity index (χ3n) is 6.65. The van der Waals surface area contributed by atoms with Crippen molar-refractivity contribution in [2.45, 2.75) is 44.2 Å². The Labute approximate surface area is 183 Å². The van der Waals surface area contributed by atoms with Gasteiger partial charge in [-0.15, -0.1) is 0 Å². The molecular formula is C23H26F3N3O3. The van der Waals surface area contributed by atoms with Gasteiger partial charge >= 0.3 is 6.18 Å². The molecule has 1 aromatic carbocycles. The molecule has 0 saturated carbocycles. The highest BCUT2D eigenvalue weighted by Gasteiger charge is 2.55. The molecule has 6 nitrogen and oxygen atoms in total. The first-order chi connectivity index (χ1) is 15.2. The van der Waals surface area contributed by atoms with E-state index in [1.165, 1.54) is 11.0 Å². The number of carbonyl (C=O) groups is 1. The summed E-state index contributed by atoms with van der Waals surface area (Å²) in [5.74, 6) is -1.33. The van der Waals surface area contributed by atoms with Crippen LogP contribution in [0.25, 0.3) is 0 Å². The Morgan fingerprint density at radius 1 is 1.19 bits per heavy atom. The van der Waals surface area contributed by atoms with E-state index in [2.05, 4.69) is 5.32 Å². The Bertz CT molecular complexity index is 1020. The van der Waals surface area contributed by atoms with E-state index in [9.17, 15) is 27.9 Å². The second kappa shape index (κ2) is 8.71. The van der Waals surface area contributed by atoms with Crippen LogP contribution in [0.1, 0.15) is 36.7 Å². The van der Waals surface area contributed by atoms with E-state index >= 15 is 0 Å². The van der Waals surface area contributed by atoms with Crippen LogP contribution in [0.3, 0.4) is 0 Å². The van der Waals surface area contributed by atoms with Crippen molar-refractivity contribution in [1.29, 1.82) is 0 Å². The number of hydrogen-bond acceptors (Lipinski definition) is 4. The molecule has 2 N–H and O–H groups in total. The maximum Gasteiger partial charge on any atom is 0.390 e. The van der Waals surface area contributed by atoms with Gasteiger partial charge in [0.1, 0.15) is 0 Å². The quantitative estimate of drug-likeness (QED) is 0.711. The zero-order chi connectivity index (χ0) is 23.0. The van der Waals surface area contributed by atoms with Crippen molar-refractivity contribution in [3.8, 4) is 0 Å². The van der Waals surface area contributed by atoms with Gasteiger partial charge in [0.2, 0.25) is 5.91 Å². The summed E-state index contributed by atoms with van der Waals surface area (Å²) in [5, 5.41) is 13.1. The molecule has 2 aromatic rings. The molecule has 5 atom stereocenters. The van der Waals surface area contributed by atoms with Gasteiger partial charge in [-0.25, -0.2) is 0 Å². The zero-order valence-corrected chi connectivity index (χ0v) is 17.6. The van der Waals surface area contributed by atoms with Crippen molar-refractivity contribution in [2.24, 2.45) is 11.8 Å². The van der Waals surface area contributed by atoms with Crippen LogP contribution in [-0.2, 0) is 11.3 Å². The minimum absolute atomic E-state index is 0.233. The number of rotatable bonds is 6. The Hall–Kier alpha value is -2.65. The molecule has 0 aliphatic carbocycles. The molecule has 3 heterocycles. The Morgan fingerprint density at radius 3 is 2.56 bits per heavy atom. The van der Waals surface area contributed by atoms with Crippen molar-refractivity contribution in [3.05, 3.63) is 70.1 Å². The summed E-state index contributed by atoms with van der Waals surface area (Å²) < 4.78 is 40.9. The maximum absolute atomic E-state index is 13.3. The number of nitrogens with one attached hydrogen (secondary N) is 1. The molecule has 1 saturated heterocycles. The number of nitrogens with zero attached hydrogens (tertiary/aromatic N) is 2. The molecule has 0 spiro atoms. The van der Waals surface area contributed by atoms with E-state index in [4.69, 9.17) is 0 Å². The first kappa shape index (κ1) is 22.5. The third-order valence-corrected chi connectivity index (χ3v) is 6.65. The van der Waals surface area contributed by atoms with Gasteiger partial charge in [0.15, 0.2) is 0 Å². The first-order valence-corrected chi connectivity index (χ1v) is 10.7. The number of aliphatic hydroxyl groups is 1. The van der Waals surface area contributed by atoms with Gasteiger partial charge in [-0.3, -0.25) is 14.5 Å². The number of likely N-dealkylation sites (tertiary alicyclic amines) is 1. The van der Waals surface area contributed by atoms with Gasteiger partial charge in [0, 0.05) is 43.3 Å². The lowest BCUT2D eigenvalue weighted by molar-refractivity contribution is -0.143. The van der Waals surface area contributed by atoms with E-state index in [0.717, 1.165) is 5.56 Å². The van der Waals surface area contributed by atoms with Gasteiger partial charge in [-0.05, 0) is 18.6 Å². The standard InChI is InChI=1S/C23H26F3N3O3/c1-14(15-6-3-2-4-7-15)27-22(32)21-17(13-30)16-12-29-18(8-5-9-19(29)31)20(16)28(21)11-10-23(24,25)26/h2-9,14,16-17,20-21,30H,10-13H2,1H3,(H,27,32)/t14-,16-,17-,20+,21-/m0/s1. The van der Waals surface area contributed by atoms with Crippen LogP contribution in [0.15, 0.2) is 53.3 Å². The average Bonchev–Trinajstić information content (AvgIpc) is 3.27. The van der Waals surface area contributed by atoms with E-state index < -0.39 is 36.5 Å². The number of halogens is 3. The summed E-state index contributed by atoms with van der Waals surface area (Å²) in [5.41, 5.74) is 1.23. The zero-order valence-electron chi connectivity index (χ0n) is 17.6. The summed E-state index contributed by atoms with van der Waals surface area (Å²) in [6, 6.07) is 12.2. The van der Waals surface area contributed by atoms with Crippen LogP contribution in [0.2, 0.25) is 0 Å². The largest absolute Gasteiger partial charge is 0.396 e. The predicted octanol–water partition coefficient (Wildman–Crippen LogP) is 2.64. The molecule has 0 unspecified atom stereocenters. The summed E-state index contributed by atoms with van der Waals surface area (Å²) in [6.45, 7) is 1.34. The lowest BCUT2D eigenvalue weighted by atomic mass is 9.88. The lowest BCUT2D eigenvalue weighted by Gasteiger charge is -2.32. The number of fused-ring (bicyclic) bond motifs is 3. The minimum Gasteiger partial charge on any atom is -0.396 e. The predicted molar refractivity (Wildman–Crippen MR) is 112 cm³/mol. The second-order valence-electron chi connectivity index (χ2n) is 8.54. The normalized spacial score (nSPS) is 25.9. The van der Waals surface area contributed by atoms with Gasteiger partial charge in [-0.1, -0.05) is 36.4 Å². The number of alkyl halides is 3. The monoisotopic (exact) mass is 449 g/mol. The van der Waals surface area contributed by atoms with Crippen LogP contribution in [0.4, 0.5) is 13.2 Å². The SMILES string of the molecule is C[C@H](NC(=O)[C@@H]1[C@@H](CO)[C@@H]2Cn3c(cccc3=O)[C@@H]2N1CCC(F)(F)F)c1ccccc1. The Morgan fingerprint density at radius 2 is 1.91 bits per heavy atom. The minimum atomic E-state index is -4.39. The summed E-state index contributed by atoms with van der Waals surface area (Å²) >= 11 is 0. The maximum atomic E-state index is 13.3. The van der Waals surface area contributed by atoms with Gasteiger partial charge < -0.3 is 15.0 Å². The molecule has 9 heteroatoms. The number of aliphatic hydroxyl groups excluding tert-OH is 1.